The number of carbonyl (C=O) groups is 1. The van der Waals surface area contributed by atoms with Crippen LogP contribution in [-0.4, -0.2) is 49.9 Å². The van der Waals surface area contributed by atoms with Gasteiger partial charge in [-0.05, 0) is 18.4 Å². The van der Waals surface area contributed by atoms with Gasteiger partial charge in [-0.1, -0.05) is 13.8 Å². The van der Waals surface area contributed by atoms with Crippen molar-refractivity contribution in [2.45, 2.75) is 37.8 Å². The molecule has 0 aromatic carbocycles. The molecule has 0 saturated carbocycles. The lowest BCUT2D eigenvalue weighted by molar-refractivity contribution is 0.0690. The number of carboxylic acid groups (broad SMARTS) is 1. The topological polar surface area (TPSA) is 104 Å². The van der Waals surface area contributed by atoms with Crippen LogP contribution < -0.4 is 0 Å². The van der Waals surface area contributed by atoms with Crippen LogP contribution in [-0.2, 0) is 12.8 Å². The SMILES string of the molecule is CCc1nnc(SCC(O)CO)c(C(=O)O)c1CC. The molecule has 0 radical (unpaired) electrons. The molecule has 1 heterocycles. The number of rotatable bonds is 7. The number of hydrogen-bond donors (Lipinski definition) is 3. The highest BCUT2D eigenvalue weighted by atomic mass is 32.2. The zero-order valence-corrected chi connectivity index (χ0v) is 11.8. The van der Waals surface area contributed by atoms with E-state index in [2.05, 4.69) is 10.2 Å². The maximum atomic E-state index is 11.4. The molecule has 0 spiro atoms. The third-order valence-corrected chi connectivity index (χ3v) is 3.76. The number of carboxylic acids is 1. The van der Waals surface area contributed by atoms with Gasteiger partial charge in [0.1, 0.15) is 5.03 Å². The van der Waals surface area contributed by atoms with Gasteiger partial charge in [0.15, 0.2) is 0 Å². The Kier molecular flexibility index (Phi) is 6.20. The van der Waals surface area contributed by atoms with Crippen LogP contribution in [0.15, 0.2) is 5.03 Å². The van der Waals surface area contributed by atoms with Gasteiger partial charge < -0.3 is 15.3 Å². The van der Waals surface area contributed by atoms with Crippen molar-refractivity contribution in [3.8, 4) is 0 Å². The summed E-state index contributed by atoms with van der Waals surface area (Å²) < 4.78 is 0. The third-order valence-electron chi connectivity index (χ3n) is 2.65. The smallest absolute Gasteiger partial charge is 0.338 e. The Labute approximate surface area is 115 Å². The minimum absolute atomic E-state index is 0.157. The van der Waals surface area contributed by atoms with Gasteiger partial charge in [-0.15, -0.1) is 16.9 Å². The fraction of sp³-hybridized carbons (Fsp3) is 0.583. The molecule has 0 bridgehead atoms. The van der Waals surface area contributed by atoms with Crippen molar-refractivity contribution in [3.05, 3.63) is 16.8 Å². The summed E-state index contributed by atoms with van der Waals surface area (Å²) in [6.07, 6.45) is 0.293. The Morgan fingerprint density at radius 3 is 2.47 bits per heavy atom. The van der Waals surface area contributed by atoms with Gasteiger partial charge >= 0.3 is 5.97 Å². The highest BCUT2D eigenvalue weighted by Gasteiger charge is 2.21. The van der Waals surface area contributed by atoms with Gasteiger partial charge in [-0.25, -0.2) is 4.79 Å². The molecule has 6 nitrogen and oxygen atoms in total. The number of aliphatic hydroxyl groups is 2. The summed E-state index contributed by atoms with van der Waals surface area (Å²) in [5.41, 5.74) is 1.53. The lowest BCUT2D eigenvalue weighted by atomic mass is 10.0. The molecule has 0 fully saturated rings. The van der Waals surface area contributed by atoms with Gasteiger partial charge in [0.05, 0.1) is 24.0 Å². The molecule has 1 aromatic rings. The zero-order chi connectivity index (χ0) is 14.4. The molecule has 3 N–H and O–H groups in total. The summed E-state index contributed by atoms with van der Waals surface area (Å²) in [6, 6.07) is 0. The molecule has 0 aliphatic heterocycles. The summed E-state index contributed by atoms with van der Waals surface area (Å²) in [5.74, 6) is -0.859. The number of aromatic nitrogens is 2. The molecule has 0 aliphatic carbocycles. The van der Waals surface area contributed by atoms with E-state index in [9.17, 15) is 15.0 Å². The molecule has 0 amide bonds. The molecule has 1 rings (SSSR count). The molecule has 7 heteroatoms. The first-order valence-electron chi connectivity index (χ1n) is 6.08. The van der Waals surface area contributed by atoms with Crippen molar-refractivity contribution in [1.29, 1.82) is 0 Å². The van der Waals surface area contributed by atoms with Crippen molar-refractivity contribution < 1.29 is 20.1 Å². The molecule has 0 aliphatic rings. The minimum Gasteiger partial charge on any atom is -0.478 e. The van der Waals surface area contributed by atoms with E-state index in [1.54, 1.807) is 0 Å². The van der Waals surface area contributed by atoms with Crippen molar-refractivity contribution in [3.63, 3.8) is 0 Å². The van der Waals surface area contributed by atoms with E-state index in [0.29, 0.717) is 24.1 Å². The normalized spacial score (nSPS) is 12.4. The summed E-state index contributed by atoms with van der Waals surface area (Å²) in [7, 11) is 0. The number of nitrogens with zero attached hydrogens (tertiary/aromatic N) is 2. The first-order chi connectivity index (χ1) is 9.04. The van der Waals surface area contributed by atoms with Crippen molar-refractivity contribution >= 4 is 17.7 Å². The quantitative estimate of drug-likeness (QED) is 0.635. The van der Waals surface area contributed by atoms with Crippen molar-refractivity contribution in [2.24, 2.45) is 0 Å². The molecule has 19 heavy (non-hydrogen) atoms. The van der Waals surface area contributed by atoms with Gasteiger partial charge in [0.2, 0.25) is 0 Å². The van der Waals surface area contributed by atoms with Gasteiger partial charge in [-0.2, -0.15) is 5.10 Å². The Morgan fingerprint density at radius 1 is 1.32 bits per heavy atom. The second kappa shape index (κ2) is 7.42. The maximum absolute atomic E-state index is 11.4. The Bertz CT molecular complexity index is 454. The monoisotopic (exact) mass is 286 g/mol. The van der Waals surface area contributed by atoms with Crippen LogP contribution in [0.1, 0.15) is 35.5 Å². The third kappa shape index (κ3) is 3.89. The minimum atomic E-state index is -1.04. The molecule has 106 valence electrons. The van der Waals surface area contributed by atoms with E-state index in [4.69, 9.17) is 5.11 Å². The number of thioether (sulfide) groups is 1. The summed E-state index contributed by atoms with van der Waals surface area (Å²) >= 11 is 1.09. The molecular formula is C12H18N2O4S. The predicted molar refractivity (Wildman–Crippen MR) is 71.6 cm³/mol. The Balaban J connectivity index is 3.13. The summed E-state index contributed by atoms with van der Waals surface area (Å²) in [6.45, 7) is 3.41. The number of aryl methyl sites for hydroxylation is 1. The average molecular weight is 286 g/mol. The maximum Gasteiger partial charge on any atom is 0.338 e. The van der Waals surface area contributed by atoms with Crippen LogP contribution >= 0.6 is 11.8 Å². The summed E-state index contributed by atoms with van der Waals surface area (Å²) in [5, 5.41) is 35.6. The second-order valence-corrected chi connectivity index (χ2v) is 4.97. The highest BCUT2D eigenvalue weighted by molar-refractivity contribution is 7.99. The summed E-state index contributed by atoms with van der Waals surface area (Å²) in [4.78, 5) is 11.4. The van der Waals surface area contributed by atoms with E-state index in [0.717, 1.165) is 11.8 Å². The van der Waals surface area contributed by atoms with Crippen molar-refractivity contribution in [1.82, 2.24) is 10.2 Å². The van der Waals surface area contributed by atoms with Crippen LogP contribution in [0, 0.1) is 0 Å². The van der Waals surface area contributed by atoms with Crippen LogP contribution in [0.5, 0.6) is 0 Å². The fourth-order valence-corrected chi connectivity index (χ4v) is 2.61. The molecule has 1 atom stereocenters. The van der Waals surface area contributed by atoms with E-state index < -0.39 is 12.1 Å². The van der Waals surface area contributed by atoms with Crippen LogP contribution in [0.3, 0.4) is 0 Å². The number of aromatic carboxylic acids is 1. The fourth-order valence-electron chi connectivity index (χ4n) is 1.70. The van der Waals surface area contributed by atoms with Crippen LogP contribution in [0.25, 0.3) is 0 Å². The van der Waals surface area contributed by atoms with E-state index in [1.165, 1.54) is 0 Å². The van der Waals surface area contributed by atoms with E-state index in [-0.39, 0.29) is 22.9 Å². The van der Waals surface area contributed by atoms with Gasteiger partial charge in [0, 0.05) is 5.75 Å². The lowest BCUT2D eigenvalue weighted by Gasteiger charge is -2.12. The number of aliphatic hydroxyl groups excluding tert-OH is 2. The van der Waals surface area contributed by atoms with Crippen LogP contribution in [0.2, 0.25) is 0 Å². The Hall–Kier alpha value is -1.18. The second-order valence-electron chi connectivity index (χ2n) is 3.97. The van der Waals surface area contributed by atoms with E-state index >= 15 is 0 Å². The number of hydrogen-bond acceptors (Lipinski definition) is 6. The average Bonchev–Trinajstić information content (AvgIpc) is 2.42. The van der Waals surface area contributed by atoms with E-state index in [1.807, 2.05) is 13.8 Å². The standard InChI is InChI=1S/C12H18N2O4S/c1-3-8-9(4-2)13-14-11(10(8)12(17)18)19-6-7(16)5-15/h7,15-16H,3-6H2,1-2H3,(H,17,18). The Morgan fingerprint density at radius 2 is 2.00 bits per heavy atom. The van der Waals surface area contributed by atoms with Gasteiger partial charge in [0.25, 0.3) is 0 Å². The first-order valence-corrected chi connectivity index (χ1v) is 7.07. The lowest BCUT2D eigenvalue weighted by Crippen LogP contribution is -2.16. The zero-order valence-electron chi connectivity index (χ0n) is 11.0. The highest BCUT2D eigenvalue weighted by Crippen LogP contribution is 2.25. The molecular weight excluding hydrogens is 268 g/mol. The van der Waals surface area contributed by atoms with Crippen molar-refractivity contribution in [2.75, 3.05) is 12.4 Å². The predicted octanol–water partition coefficient (Wildman–Crippen LogP) is 0.745. The first kappa shape index (κ1) is 15.9. The van der Waals surface area contributed by atoms with Gasteiger partial charge in [-0.3, -0.25) is 0 Å². The largest absolute Gasteiger partial charge is 0.478 e. The van der Waals surface area contributed by atoms with Crippen LogP contribution in [0.4, 0.5) is 0 Å². The molecule has 1 aromatic heterocycles. The molecule has 0 saturated heterocycles. The molecule has 1 unspecified atom stereocenters.